The quantitative estimate of drug-likeness (QED) is 0.864. The Morgan fingerprint density at radius 1 is 1.30 bits per heavy atom. The van der Waals surface area contributed by atoms with E-state index in [-0.39, 0.29) is 5.91 Å². The van der Waals surface area contributed by atoms with Gasteiger partial charge in [0.1, 0.15) is 0 Å². The van der Waals surface area contributed by atoms with Crippen LogP contribution in [0.15, 0.2) is 24.3 Å². The molecule has 3 nitrogen and oxygen atoms in total. The molecular weight excluding hydrogens is 248 g/mol. The zero-order chi connectivity index (χ0) is 14.4. The Balaban J connectivity index is 1.70. The van der Waals surface area contributed by atoms with Gasteiger partial charge in [0.25, 0.3) is 0 Å². The topological polar surface area (TPSA) is 41.1 Å². The molecule has 2 atom stereocenters. The van der Waals surface area contributed by atoms with Crippen molar-refractivity contribution in [1.29, 1.82) is 0 Å². The normalized spacial score (nSPS) is 22.5. The van der Waals surface area contributed by atoms with Gasteiger partial charge in [0.05, 0.1) is 6.54 Å². The van der Waals surface area contributed by atoms with E-state index in [9.17, 15) is 4.79 Å². The van der Waals surface area contributed by atoms with Crippen molar-refractivity contribution in [3.05, 3.63) is 29.8 Å². The molecule has 2 N–H and O–H groups in total. The first-order chi connectivity index (χ1) is 9.65. The van der Waals surface area contributed by atoms with Crippen LogP contribution in [-0.2, 0) is 4.79 Å². The molecule has 0 spiro atoms. The van der Waals surface area contributed by atoms with Crippen LogP contribution in [0.25, 0.3) is 0 Å². The molecule has 3 heteroatoms. The highest BCUT2D eigenvalue weighted by Gasteiger charge is 2.20. The predicted molar refractivity (Wildman–Crippen MR) is 83.8 cm³/mol. The maximum Gasteiger partial charge on any atom is 0.238 e. The summed E-state index contributed by atoms with van der Waals surface area (Å²) in [6.07, 6.45) is 5.34. The fourth-order valence-corrected chi connectivity index (χ4v) is 3.00. The second-order valence-electron chi connectivity index (χ2n) is 6.07. The summed E-state index contributed by atoms with van der Waals surface area (Å²) in [4.78, 5) is 11.9. The number of carbonyl (C=O) groups excluding carboxylic acids is 1. The van der Waals surface area contributed by atoms with E-state index in [1.54, 1.807) is 0 Å². The molecule has 2 rings (SSSR count). The molecule has 2 unspecified atom stereocenters. The Morgan fingerprint density at radius 3 is 2.85 bits per heavy atom. The minimum Gasteiger partial charge on any atom is -0.325 e. The second-order valence-corrected chi connectivity index (χ2v) is 6.07. The standard InChI is InChI=1S/C17H26N2O/c1-13-6-5-9-16(10-13)19-17(20)12-18-11-15-8-4-3-7-14(15)2/h5-6,9-10,14-15,18H,3-4,7-8,11-12H2,1-2H3,(H,19,20). The predicted octanol–water partition coefficient (Wildman–Crippen LogP) is 3.35. The maximum absolute atomic E-state index is 11.9. The third kappa shape index (κ3) is 4.64. The third-order valence-corrected chi connectivity index (χ3v) is 4.28. The molecule has 1 aromatic carbocycles. The van der Waals surface area contributed by atoms with Gasteiger partial charge in [-0.2, -0.15) is 0 Å². The number of nitrogens with one attached hydrogen (secondary N) is 2. The van der Waals surface area contributed by atoms with Gasteiger partial charge < -0.3 is 10.6 Å². The lowest BCUT2D eigenvalue weighted by Crippen LogP contribution is -2.34. The van der Waals surface area contributed by atoms with Crippen LogP contribution in [0.1, 0.15) is 38.2 Å². The highest BCUT2D eigenvalue weighted by atomic mass is 16.1. The van der Waals surface area contributed by atoms with E-state index in [2.05, 4.69) is 17.6 Å². The van der Waals surface area contributed by atoms with E-state index in [1.165, 1.54) is 25.7 Å². The molecule has 0 aliphatic heterocycles. The van der Waals surface area contributed by atoms with Gasteiger partial charge in [-0.15, -0.1) is 0 Å². The van der Waals surface area contributed by atoms with Crippen LogP contribution in [0.4, 0.5) is 5.69 Å². The highest BCUT2D eigenvalue weighted by Crippen LogP contribution is 2.28. The van der Waals surface area contributed by atoms with Gasteiger partial charge >= 0.3 is 0 Å². The Kier molecular flexibility index (Phi) is 5.60. The molecule has 110 valence electrons. The van der Waals surface area contributed by atoms with Gasteiger partial charge in [0, 0.05) is 5.69 Å². The average Bonchev–Trinajstić information content (AvgIpc) is 2.41. The Morgan fingerprint density at radius 2 is 2.10 bits per heavy atom. The first-order valence-electron chi connectivity index (χ1n) is 7.72. The fourth-order valence-electron chi connectivity index (χ4n) is 3.00. The number of carbonyl (C=O) groups is 1. The molecule has 1 aliphatic rings. The number of benzene rings is 1. The lowest BCUT2D eigenvalue weighted by atomic mass is 9.80. The lowest BCUT2D eigenvalue weighted by Gasteiger charge is -2.28. The number of aryl methyl sites for hydroxylation is 1. The number of hydrogen-bond donors (Lipinski definition) is 2. The minimum atomic E-state index is 0.0408. The van der Waals surface area contributed by atoms with Gasteiger partial charge in [-0.1, -0.05) is 38.3 Å². The summed E-state index contributed by atoms with van der Waals surface area (Å²) >= 11 is 0. The van der Waals surface area contributed by atoms with E-state index >= 15 is 0 Å². The minimum absolute atomic E-state index is 0.0408. The summed E-state index contributed by atoms with van der Waals surface area (Å²) in [5.74, 6) is 1.56. The summed E-state index contributed by atoms with van der Waals surface area (Å²) in [7, 11) is 0. The Bertz CT molecular complexity index is 444. The van der Waals surface area contributed by atoms with Crippen LogP contribution in [0.2, 0.25) is 0 Å². The van der Waals surface area contributed by atoms with E-state index in [4.69, 9.17) is 0 Å². The number of amides is 1. The van der Waals surface area contributed by atoms with Crippen molar-refractivity contribution in [2.24, 2.45) is 11.8 Å². The second kappa shape index (κ2) is 7.44. The van der Waals surface area contributed by atoms with Crippen LogP contribution in [-0.4, -0.2) is 19.0 Å². The molecule has 0 bridgehead atoms. The van der Waals surface area contributed by atoms with Gasteiger partial charge in [-0.3, -0.25) is 4.79 Å². The van der Waals surface area contributed by atoms with Crippen molar-refractivity contribution in [3.63, 3.8) is 0 Å². The van der Waals surface area contributed by atoms with Gasteiger partial charge in [-0.25, -0.2) is 0 Å². The first kappa shape index (κ1) is 15.0. The van der Waals surface area contributed by atoms with E-state index in [0.717, 1.165) is 29.6 Å². The molecule has 0 aromatic heterocycles. The van der Waals surface area contributed by atoms with Crippen molar-refractivity contribution in [2.75, 3.05) is 18.4 Å². The average molecular weight is 274 g/mol. The van der Waals surface area contributed by atoms with Crippen molar-refractivity contribution in [2.45, 2.75) is 39.5 Å². The van der Waals surface area contributed by atoms with Crippen molar-refractivity contribution in [3.8, 4) is 0 Å². The van der Waals surface area contributed by atoms with Crippen LogP contribution in [0.5, 0.6) is 0 Å². The molecule has 1 fully saturated rings. The van der Waals surface area contributed by atoms with Crippen molar-refractivity contribution < 1.29 is 4.79 Å². The van der Waals surface area contributed by atoms with Crippen LogP contribution in [0, 0.1) is 18.8 Å². The van der Waals surface area contributed by atoms with Gasteiger partial charge in [0.15, 0.2) is 0 Å². The van der Waals surface area contributed by atoms with Crippen LogP contribution < -0.4 is 10.6 Å². The molecule has 1 aliphatic carbocycles. The Hall–Kier alpha value is -1.35. The Labute approximate surface area is 122 Å². The summed E-state index contributed by atoms with van der Waals surface area (Å²) in [5, 5.41) is 6.24. The number of hydrogen-bond acceptors (Lipinski definition) is 2. The number of rotatable bonds is 5. The summed E-state index contributed by atoms with van der Waals surface area (Å²) in [5.41, 5.74) is 2.04. The molecule has 1 aromatic rings. The zero-order valence-corrected chi connectivity index (χ0v) is 12.6. The molecule has 1 saturated carbocycles. The molecule has 0 saturated heterocycles. The molecule has 20 heavy (non-hydrogen) atoms. The maximum atomic E-state index is 11.9. The van der Waals surface area contributed by atoms with E-state index in [1.807, 2.05) is 31.2 Å². The SMILES string of the molecule is Cc1cccc(NC(=O)CNCC2CCCCC2C)c1. The number of anilines is 1. The highest BCUT2D eigenvalue weighted by molar-refractivity contribution is 5.92. The van der Waals surface area contributed by atoms with Crippen molar-refractivity contribution >= 4 is 11.6 Å². The summed E-state index contributed by atoms with van der Waals surface area (Å²) < 4.78 is 0. The summed E-state index contributed by atoms with van der Waals surface area (Å²) in [6, 6.07) is 7.90. The van der Waals surface area contributed by atoms with E-state index in [0.29, 0.717) is 6.54 Å². The smallest absolute Gasteiger partial charge is 0.238 e. The molecule has 1 amide bonds. The van der Waals surface area contributed by atoms with E-state index < -0.39 is 0 Å². The monoisotopic (exact) mass is 274 g/mol. The molecule has 0 heterocycles. The largest absolute Gasteiger partial charge is 0.325 e. The van der Waals surface area contributed by atoms with Gasteiger partial charge in [-0.05, 0) is 49.4 Å². The molecule has 0 radical (unpaired) electrons. The molecular formula is C17H26N2O. The third-order valence-electron chi connectivity index (χ3n) is 4.28. The summed E-state index contributed by atoms with van der Waals surface area (Å²) in [6.45, 7) is 5.72. The lowest BCUT2D eigenvalue weighted by molar-refractivity contribution is -0.115. The van der Waals surface area contributed by atoms with Gasteiger partial charge in [0.2, 0.25) is 5.91 Å². The first-order valence-corrected chi connectivity index (χ1v) is 7.72. The van der Waals surface area contributed by atoms with Crippen LogP contribution in [0.3, 0.4) is 0 Å². The zero-order valence-electron chi connectivity index (χ0n) is 12.6. The van der Waals surface area contributed by atoms with Crippen molar-refractivity contribution in [1.82, 2.24) is 5.32 Å². The fraction of sp³-hybridized carbons (Fsp3) is 0.588. The van der Waals surface area contributed by atoms with Crippen LogP contribution >= 0.6 is 0 Å².